The van der Waals surface area contributed by atoms with Crippen LogP contribution in [0.15, 0.2) is 42.5 Å². The number of aryl methyl sites for hydroxylation is 1. The molecule has 25 heavy (non-hydrogen) atoms. The minimum atomic E-state index is -4.41. The third-order valence-electron chi connectivity index (χ3n) is 3.97. The Morgan fingerprint density at radius 1 is 1.12 bits per heavy atom. The van der Waals surface area contributed by atoms with Crippen molar-refractivity contribution in [1.82, 2.24) is 5.32 Å². The van der Waals surface area contributed by atoms with Crippen LogP contribution in [0.25, 0.3) is 0 Å². The summed E-state index contributed by atoms with van der Waals surface area (Å²) in [6, 6.07) is 9.77. The summed E-state index contributed by atoms with van der Waals surface area (Å²) >= 11 is 0. The van der Waals surface area contributed by atoms with Gasteiger partial charge in [0.05, 0.1) is 5.56 Å². The molecule has 4 nitrogen and oxygen atoms in total. The largest absolute Gasteiger partial charge is 0.416 e. The van der Waals surface area contributed by atoms with Crippen molar-refractivity contribution < 1.29 is 22.8 Å². The monoisotopic (exact) mass is 348 g/mol. The number of hydrogen-bond acceptors (Lipinski definition) is 2. The zero-order valence-electron chi connectivity index (χ0n) is 13.1. The topological polar surface area (TPSA) is 58.2 Å². The molecule has 3 rings (SSSR count). The number of halogens is 3. The zero-order valence-corrected chi connectivity index (χ0v) is 13.1. The van der Waals surface area contributed by atoms with Crippen LogP contribution in [0.3, 0.4) is 0 Å². The van der Waals surface area contributed by atoms with Crippen LogP contribution in [0.4, 0.5) is 18.9 Å². The Morgan fingerprint density at radius 3 is 2.68 bits per heavy atom. The van der Waals surface area contributed by atoms with Gasteiger partial charge in [-0.05, 0) is 47.9 Å². The van der Waals surface area contributed by atoms with E-state index in [-0.39, 0.29) is 18.4 Å². The fourth-order valence-corrected chi connectivity index (χ4v) is 2.67. The van der Waals surface area contributed by atoms with Gasteiger partial charge in [0.1, 0.15) is 0 Å². The lowest BCUT2D eigenvalue weighted by molar-refractivity contribution is -0.137. The minimum Gasteiger partial charge on any atom is -0.348 e. The molecule has 2 aromatic carbocycles. The van der Waals surface area contributed by atoms with Gasteiger partial charge in [0.2, 0.25) is 5.91 Å². The first-order valence-corrected chi connectivity index (χ1v) is 7.70. The summed E-state index contributed by atoms with van der Waals surface area (Å²) in [5, 5.41) is 5.34. The number of anilines is 1. The second-order valence-electron chi connectivity index (χ2n) is 5.80. The highest BCUT2D eigenvalue weighted by atomic mass is 19.4. The predicted molar refractivity (Wildman–Crippen MR) is 86.0 cm³/mol. The van der Waals surface area contributed by atoms with E-state index < -0.39 is 11.7 Å². The number of nitrogens with one attached hydrogen (secondary N) is 2. The number of amides is 2. The Bertz CT molecular complexity index is 831. The van der Waals surface area contributed by atoms with Crippen molar-refractivity contribution in [3.05, 3.63) is 64.7 Å². The highest BCUT2D eigenvalue weighted by molar-refractivity contribution is 5.97. The van der Waals surface area contributed by atoms with Crippen molar-refractivity contribution in [3.63, 3.8) is 0 Å². The molecular weight excluding hydrogens is 333 g/mol. The quantitative estimate of drug-likeness (QED) is 0.892. The maximum Gasteiger partial charge on any atom is 0.416 e. The molecule has 0 saturated carbocycles. The van der Waals surface area contributed by atoms with Gasteiger partial charge in [0, 0.05) is 24.2 Å². The van der Waals surface area contributed by atoms with Crippen LogP contribution in [0, 0.1) is 0 Å². The van der Waals surface area contributed by atoms with E-state index in [9.17, 15) is 22.8 Å². The standard InChI is InChI=1S/C18H15F3N2O2/c19-18(20,21)14-3-1-2-11(8-14)10-22-17(25)13-4-6-15-12(9-13)5-7-16(24)23-15/h1-4,6,8-9H,5,7,10H2,(H,22,25)(H,23,24). The molecule has 7 heteroatoms. The average molecular weight is 348 g/mol. The van der Waals surface area contributed by atoms with Gasteiger partial charge in [0.15, 0.2) is 0 Å². The summed E-state index contributed by atoms with van der Waals surface area (Å²) in [6.45, 7) is -0.00340. The van der Waals surface area contributed by atoms with Crippen molar-refractivity contribution in [2.24, 2.45) is 0 Å². The second-order valence-corrected chi connectivity index (χ2v) is 5.80. The Hall–Kier alpha value is -2.83. The van der Waals surface area contributed by atoms with Crippen LogP contribution in [0.1, 0.15) is 33.5 Å². The number of carbonyl (C=O) groups excluding carboxylic acids is 2. The van der Waals surface area contributed by atoms with Crippen LogP contribution < -0.4 is 10.6 Å². The Kier molecular flexibility index (Phi) is 4.48. The third-order valence-corrected chi connectivity index (χ3v) is 3.97. The lowest BCUT2D eigenvalue weighted by Gasteiger charge is -2.17. The molecule has 0 bridgehead atoms. The molecule has 0 saturated heterocycles. The first kappa shape index (κ1) is 17.0. The first-order chi connectivity index (χ1) is 11.8. The Balaban J connectivity index is 1.68. The lowest BCUT2D eigenvalue weighted by Crippen LogP contribution is -2.24. The molecule has 0 unspecified atom stereocenters. The van der Waals surface area contributed by atoms with Gasteiger partial charge in [0.25, 0.3) is 5.91 Å². The van der Waals surface area contributed by atoms with Crippen molar-refractivity contribution in [2.45, 2.75) is 25.6 Å². The normalized spacial score (nSPS) is 13.8. The molecule has 2 N–H and O–H groups in total. The number of hydrogen-bond donors (Lipinski definition) is 2. The molecule has 0 radical (unpaired) electrons. The summed E-state index contributed by atoms with van der Waals surface area (Å²) in [5.74, 6) is -0.439. The van der Waals surface area contributed by atoms with E-state index >= 15 is 0 Å². The first-order valence-electron chi connectivity index (χ1n) is 7.70. The van der Waals surface area contributed by atoms with Gasteiger partial charge < -0.3 is 10.6 Å². The summed E-state index contributed by atoms with van der Waals surface area (Å²) in [4.78, 5) is 23.6. The van der Waals surface area contributed by atoms with Crippen molar-refractivity contribution in [2.75, 3.05) is 5.32 Å². The van der Waals surface area contributed by atoms with E-state index in [0.29, 0.717) is 29.7 Å². The number of carbonyl (C=O) groups is 2. The Morgan fingerprint density at radius 2 is 1.92 bits per heavy atom. The molecule has 0 aliphatic carbocycles. The summed E-state index contributed by atoms with van der Waals surface area (Å²) < 4.78 is 38.1. The SMILES string of the molecule is O=C1CCc2cc(C(=O)NCc3cccc(C(F)(F)F)c3)ccc2N1. The van der Waals surface area contributed by atoms with Crippen LogP contribution in [0.5, 0.6) is 0 Å². The van der Waals surface area contributed by atoms with Gasteiger partial charge in [-0.2, -0.15) is 13.2 Å². The Labute approximate surface area is 142 Å². The van der Waals surface area contributed by atoms with E-state index in [2.05, 4.69) is 10.6 Å². The van der Waals surface area contributed by atoms with Crippen molar-refractivity contribution in [1.29, 1.82) is 0 Å². The average Bonchev–Trinajstić information content (AvgIpc) is 2.58. The molecule has 1 aliphatic rings. The van der Waals surface area contributed by atoms with Crippen LogP contribution >= 0.6 is 0 Å². The fraction of sp³-hybridized carbons (Fsp3) is 0.222. The van der Waals surface area contributed by atoms with E-state index in [1.807, 2.05) is 0 Å². The number of benzene rings is 2. The van der Waals surface area contributed by atoms with Gasteiger partial charge in [-0.3, -0.25) is 9.59 Å². The van der Waals surface area contributed by atoms with Gasteiger partial charge >= 0.3 is 6.18 Å². The third kappa shape index (κ3) is 3.99. The molecule has 2 amide bonds. The number of alkyl halides is 3. The van der Waals surface area contributed by atoms with Crippen LogP contribution in [-0.4, -0.2) is 11.8 Å². The molecular formula is C18H15F3N2O2. The van der Waals surface area contributed by atoms with Gasteiger partial charge in [-0.1, -0.05) is 12.1 Å². The lowest BCUT2D eigenvalue weighted by atomic mass is 10.00. The number of rotatable bonds is 3. The highest BCUT2D eigenvalue weighted by Gasteiger charge is 2.30. The highest BCUT2D eigenvalue weighted by Crippen LogP contribution is 2.29. The molecule has 0 aromatic heterocycles. The van der Waals surface area contributed by atoms with E-state index in [1.165, 1.54) is 12.1 Å². The van der Waals surface area contributed by atoms with E-state index in [1.54, 1.807) is 18.2 Å². The van der Waals surface area contributed by atoms with Gasteiger partial charge in [-0.15, -0.1) is 0 Å². The second kappa shape index (κ2) is 6.58. The molecule has 0 atom stereocenters. The fourth-order valence-electron chi connectivity index (χ4n) is 2.67. The summed E-state index contributed by atoms with van der Waals surface area (Å²) in [7, 11) is 0. The molecule has 0 spiro atoms. The summed E-state index contributed by atoms with van der Waals surface area (Å²) in [6.07, 6.45) is -3.50. The van der Waals surface area contributed by atoms with Gasteiger partial charge in [-0.25, -0.2) is 0 Å². The van der Waals surface area contributed by atoms with E-state index in [0.717, 1.165) is 17.7 Å². The maximum absolute atomic E-state index is 12.7. The summed E-state index contributed by atoms with van der Waals surface area (Å²) in [5.41, 5.74) is 1.58. The predicted octanol–water partition coefficient (Wildman–Crippen LogP) is 3.52. The smallest absolute Gasteiger partial charge is 0.348 e. The van der Waals surface area contributed by atoms with Crippen molar-refractivity contribution in [3.8, 4) is 0 Å². The van der Waals surface area contributed by atoms with Crippen molar-refractivity contribution >= 4 is 17.5 Å². The molecule has 2 aromatic rings. The zero-order chi connectivity index (χ0) is 18.0. The minimum absolute atomic E-state index is 0.00340. The van der Waals surface area contributed by atoms with Crippen LogP contribution in [0.2, 0.25) is 0 Å². The molecule has 0 fully saturated rings. The van der Waals surface area contributed by atoms with E-state index in [4.69, 9.17) is 0 Å². The van der Waals surface area contributed by atoms with Crippen LogP contribution in [-0.2, 0) is 23.9 Å². The molecule has 130 valence electrons. The molecule has 1 heterocycles. The molecule has 1 aliphatic heterocycles. The maximum atomic E-state index is 12.7. The number of fused-ring (bicyclic) bond motifs is 1.